The monoisotopic (exact) mass is 657 g/mol. The minimum atomic E-state index is 0.208. The standard InChI is InChI=1S/C28H23N3.C20H16/c1-30-28(24-15-14-22-17-21-10-5-6-13-25(21)26(22)18-24)31-27(29)23-12-7-11-20(16-23)19-8-3-2-4-9-19;1-14-10-11-16-13-20-17(15-6-3-2-4-7-15)8-5-9-18(20)19(16)12-14/h2-10,12-16,18,20,29H,1,11,17H2;2-12H,13H2,1H3. The lowest BCUT2D eigenvalue weighted by Crippen LogP contribution is -2.08. The van der Waals surface area contributed by atoms with Crippen LogP contribution in [0.25, 0.3) is 33.4 Å². The van der Waals surface area contributed by atoms with Crippen LogP contribution in [0.4, 0.5) is 0 Å². The van der Waals surface area contributed by atoms with Crippen LogP contribution in [-0.2, 0) is 12.8 Å². The Morgan fingerprint density at radius 2 is 1.31 bits per heavy atom. The van der Waals surface area contributed by atoms with Crippen molar-refractivity contribution in [3.05, 3.63) is 202 Å². The SMILES string of the molecule is C=NC(=NC(=N)C1=CC(c2ccccc2)CC=C1)c1ccc2c(c1)-c1ccccc1C2.Cc1ccc2c(c1)-c1cccc(-c3ccccc3)c1C2. The lowest BCUT2D eigenvalue weighted by molar-refractivity contribution is 0.849. The third-order valence-electron chi connectivity index (χ3n) is 10.2. The number of hydrogen-bond acceptors (Lipinski definition) is 1. The normalized spacial score (nSPS) is 15.0. The second kappa shape index (κ2) is 14.0. The molecule has 0 fully saturated rings. The van der Waals surface area contributed by atoms with E-state index in [9.17, 15) is 0 Å². The van der Waals surface area contributed by atoms with Crippen molar-refractivity contribution in [2.45, 2.75) is 32.1 Å². The number of benzene rings is 6. The van der Waals surface area contributed by atoms with Gasteiger partial charge in [-0.25, -0.2) is 9.98 Å². The Labute approximate surface area is 300 Å². The van der Waals surface area contributed by atoms with Gasteiger partial charge < -0.3 is 0 Å². The number of nitrogens with zero attached hydrogens (tertiary/aromatic N) is 2. The van der Waals surface area contributed by atoms with Gasteiger partial charge >= 0.3 is 0 Å². The number of allylic oxidation sites excluding steroid dienone is 2. The van der Waals surface area contributed by atoms with Crippen LogP contribution in [0.2, 0.25) is 0 Å². The highest BCUT2D eigenvalue weighted by atomic mass is 14.9. The van der Waals surface area contributed by atoms with E-state index >= 15 is 0 Å². The van der Waals surface area contributed by atoms with E-state index in [1.165, 1.54) is 66.8 Å². The zero-order valence-electron chi connectivity index (χ0n) is 28.8. The lowest BCUT2D eigenvalue weighted by Gasteiger charge is -2.16. The highest BCUT2D eigenvalue weighted by Crippen LogP contribution is 2.42. The molecule has 0 aliphatic heterocycles. The summed E-state index contributed by atoms with van der Waals surface area (Å²) in [6.07, 6.45) is 9.15. The summed E-state index contributed by atoms with van der Waals surface area (Å²) in [5.74, 6) is 0.946. The summed E-state index contributed by atoms with van der Waals surface area (Å²) >= 11 is 0. The Morgan fingerprint density at radius 3 is 2.14 bits per heavy atom. The third kappa shape index (κ3) is 6.47. The van der Waals surface area contributed by atoms with E-state index in [-0.39, 0.29) is 11.8 Å². The Morgan fingerprint density at radius 1 is 0.647 bits per heavy atom. The molecule has 246 valence electrons. The average Bonchev–Trinajstić information content (AvgIpc) is 3.75. The van der Waals surface area contributed by atoms with Crippen LogP contribution < -0.4 is 0 Å². The summed E-state index contributed by atoms with van der Waals surface area (Å²) in [5, 5.41) is 8.59. The van der Waals surface area contributed by atoms with E-state index in [0.717, 1.165) is 30.4 Å². The number of aryl methyl sites for hydroxylation is 1. The van der Waals surface area contributed by atoms with Gasteiger partial charge in [0.2, 0.25) is 0 Å². The zero-order valence-corrected chi connectivity index (χ0v) is 28.8. The van der Waals surface area contributed by atoms with Crippen LogP contribution in [0.5, 0.6) is 0 Å². The van der Waals surface area contributed by atoms with Crippen molar-refractivity contribution < 1.29 is 0 Å². The molecule has 51 heavy (non-hydrogen) atoms. The maximum absolute atomic E-state index is 8.59. The summed E-state index contributed by atoms with van der Waals surface area (Å²) in [6.45, 7) is 5.89. The first-order chi connectivity index (χ1) is 25.1. The molecule has 3 nitrogen and oxygen atoms in total. The highest BCUT2D eigenvalue weighted by molar-refractivity contribution is 6.13. The summed E-state index contributed by atoms with van der Waals surface area (Å²) in [6, 6.07) is 49.4. The zero-order chi connectivity index (χ0) is 34.7. The smallest absolute Gasteiger partial charge is 0.161 e. The molecule has 3 heteroatoms. The van der Waals surface area contributed by atoms with Gasteiger partial charge in [-0.2, -0.15) is 0 Å². The molecule has 6 aromatic carbocycles. The number of aliphatic imine (C=N–C) groups is 2. The van der Waals surface area contributed by atoms with Crippen molar-refractivity contribution in [3.63, 3.8) is 0 Å². The molecule has 0 heterocycles. The second-order valence-electron chi connectivity index (χ2n) is 13.5. The molecule has 1 unspecified atom stereocenters. The number of hydrogen-bond donors (Lipinski definition) is 1. The van der Waals surface area contributed by atoms with Gasteiger partial charge in [0.15, 0.2) is 11.7 Å². The van der Waals surface area contributed by atoms with Crippen molar-refractivity contribution >= 4 is 18.4 Å². The predicted octanol–water partition coefficient (Wildman–Crippen LogP) is 11.6. The average molecular weight is 658 g/mol. The molecule has 0 radical (unpaired) electrons. The highest BCUT2D eigenvalue weighted by Gasteiger charge is 2.22. The summed E-state index contributed by atoms with van der Waals surface area (Å²) in [4.78, 5) is 8.71. The first-order valence-electron chi connectivity index (χ1n) is 17.6. The number of nitrogens with one attached hydrogen (secondary N) is 1. The first-order valence-corrected chi connectivity index (χ1v) is 17.6. The molecule has 0 saturated heterocycles. The summed E-state index contributed by atoms with van der Waals surface area (Å²) in [5.41, 5.74) is 17.9. The fraction of sp³-hybridized carbons (Fsp3) is 0.104. The van der Waals surface area contributed by atoms with E-state index in [4.69, 9.17) is 5.41 Å². The molecule has 0 amide bonds. The summed E-state index contributed by atoms with van der Waals surface area (Å²) in [7, 11) is 0. The fourth-order valence-corrected chi connectivity index (χ4v) is 7.60. The third-order valence-corrected chi connectivity index (χ3v) is 10.2. The van der Waals surface area contributed by atoms with Crippen molar-refractivity contribution in [2.24, 2.45) is 9.98 Å². The number of amidine groups is 2. The Balaban J connectivity index is 0.000000161. The predicted molar refractivity (Wildman–Crippen MR) is 214 cm³/mol. The Bertz CT molecular complexity index is 2380. The van der Waals surface area contributed by atoms with Crippen molar-refractivity contribution in [2.75, 3.05) is 0 Å². The molecule has 3 aliphatic carbocycles. The van der Waals surface area contributed by atoms with E-state index in [2.05, 4.69) is 163 Å². The van der Waals surface area contributed by atoms with Crippen molar-refractivity contribution in [1.82, 2.24) is 0 Å². The van der Waals surface area contributed by atoms with Gasteiger partial charge in [-0.1, -0.05) is 157 Å². The van der Waals surface area contributed by atoms with Crippen LogP contribution in [0.3, 0.4) is 0 Å². The largest absolute Gasteiger partial charge is 0.282 e. The molecule has 3 aliphatic rings. The quantitative estimate of drug-likeness (QED) is 0.145. The van der Waals surface area contributed by atoms with E-state index in [1.807, 2.05) is 18.2 Å². The Hall–Kier alpha value is -6.19. The van der Waals surface area contributed by atoms with Crippen molar-refractivity contribution in [1.29, 1.82) is 5.41 Å². The maximum Gasteiger partial charge on any atom is 0.161 e. The molecule has 0 bridgehead atoms. The molecule has 0 spiro atoms. The van der Waals surface area contributed by atoms with Gasteiger partial charge in [0, 0.05) is 17.1 Å². The minimum Gasteiger partial charge on any atom is -0.282 e. The van der Waals surface area contributed by atoms with Crippen LogP contribution in [0.1, 0.15) is 51.3 Å². The van der Waals surface area contributed by atoms with Gasteiger partial charge in [0.05, 0.1) is 0 Å². The van der Waals surface area contributed by atoms with Crippen LogP contribution in [0.15, 0.2) is 173 Å². The maximum atomic E-state index is 8.59. The Kier molecular flexibility index (Phi) is 8.78. The fourth-order valence-electron chi connectivity index (χ4n) is 7.60. The molecule has 9 rings (SSSR count). The number of rotatable bonds is 4. The molecular weight excluding hydrogens is 619 g/mol. The van der Waals surface area contributed by atoms with Gasteiger partial charge in [0.25, 0.3) is 0 Å². The molecular formula is C48H39N3. The second-order valence-corrected chi connectivity index (χ2v) is 13.5. The van der Waals surface area contributed by atoms with Crippen molar-refractivity contribution in [3.8, 4) is 33.4 Å². The molecule has 6 aromatic rings. The molecule has 0 saturated carbocycles. The van der Waals surface area contributed by atoms with Gasteiger partial charge in [-0.05, 0) is 100 Å². The van der Waals surface area contributed by atoms with E-state index < -0.39 is 0 Å². The molecule has 1 N–H and O–H groups in total. The van der Waals surface area contributed by atoms with E-state index in [0.29, 0.717) is 5.84 Å². The molecule has 1 atom stereocenters. The van der Waals surface area contributed by atoms with Crippen LogP contribution in [0, 0.1) is 12.3 Å². The first kappa shape index (κ1) is 32.0. The van der Waals surface area contributed by atoms with Gasteiger partial charge in [0.1, 0.15) is 0 Å². The van der Waals surface area contributed by atoms with Crippen LogP contribution >= 0.6 is 0 Å². The summed E-state index contributed by atoms with van der Waals surface area (Å²) < 4.78 is 0. The van der Waals surface area contributed by atoms with Gasteiger partial charge in [-0.3, -0.25) is 5.41 Å². The topological polar surface area (TPSA) is 48.6 Å². The number of fused-ring (bicyclic) bond motifs is 6. The lowest BCUT2D eigenvalue weighted by atomic mass is 9.89. The van der Waals surface area contributed by atoms with E-state index in [1.54, 1.807) is 0 Å². The van der Waals surface area contributed by atoms with Crippen LogP contribution in [-0.4, -0.2) is 18.4 Å². The molecule has 0 aromatic heterocycles. The minimum absolute atomic E-state index is 0.208. The van der Waals surface area contributed by atoms with Gasteiger partial charge in [-0.15, -0.1) is 0 Å².